The number of ether oxygens (including phenoxy) is 1. The van der Waals surface area contributed by atoms with Gasteiger partial charge in [0.25, 0.3) is 10.1 Å². The maximum atomic E-state index is 13.9. The van der Waals surface area contributed by atoms with Crippen molar-refractivity contribution in [3.8, 4) is 6.07 Å². The molecule has 2 saturated heterocycles. The molecule has 4 amide bonds. The number of hydrogen-bond donors (Lipinski definition) is 5. The summed E-state index contributed by atoms with van der Waals surface area (Å²) < 4.78 is 76.8. The molecule has 4 rings (SSSR count). The lowest BCUT2D eigenvalue weighted by atomic mass is 9.93. The third-order valence-corrected chi connectivity index (χ3v) is 10.6. The van der Waals surface area contributed by atoms with Crippen molar-refractivity contribution in [3.63, 3.8) is 0 Å². The smallest absolute Gasteiger partial charge is 0.378 e. The number of urea groups is 1. The van der Waals surface area contributed by atoms with Gasteiger partial charge in [0.15, 0.2) is 5.75 Å². The summed E-state index contributed by atoms with van der Waals surface area (Å²) in [5.74, 6) is -2.52. The number of hydrogen-bond acceptors (Lipinski definition) is 12. The van der Waals surface area contributed by atoms with E-state index in [-0.39, 0.29) is 60.9 Å². The number of piperidine rings is 1. The molecule has 1 aromatic heterocycles. The van der Waals surface area contributed by atoms with E-state index in [2.05, 4.69) is 37.3 Å². The predicted molar refractivity (Wildman–Crippen MR) is 194 cm³/mol. The second kappa shape index (κ2) is 20.3. The van der Waals surface area contributed by atoms with Gasteiger partial charge in [-0.1, -0.05) is 12.1 Å². The molecule has 3 heterocycles. The van der Waals surface area contributed by atoms with Crippen LogP contribution in [0.4, 0.5) is 29.6 Å². The third-order valence-electron chi connectivity index (χ3n) is 8.63. The Bertz CT molecular complexity index is 1720. The van der Waals surface area contributed by atoms with E-state index in [4.69, 9.17) is 14.6 Å². The number of thioether (sulfide) groups is 1. The van der Waals surface area contributed by atoms with Gasteiger partial charge in [0.1, 0.15) is 11.6 Å². The van der Waals surface area contributed by atoms with Crippen molar-refractivity contribution in [2.75, 3.05) is 80.3 Å². The number of carbonyl (C=O) groups excluding carboxylic acids is 3. The predicted octanol–water partition coefficient (Wildman–Crippen LogP) is 1.92. The van der Waals surface area contributed by atoms with E-state index < -0.39 is 39.8 Å². The molecule has 16 nitrogen and oxygen atoms in total. The summed E-state index contributed by atoms with van der Waals surface area (Å²) in [5, 5.41) is 19.2. The van der Waals surface area contributed by atoms with Crippen LogP contribution in [0.2, 0.25) is 0 Å². The molecule has 21 heteroatoms. The van der Waals surface area contributed by atoms with Gasteiger partial charge in [-0.2, -0.15) is 26.9 Å². The number of carbonyl (C=O) groups is 3. The van der Waals surface area contributed by atoms with Gasteiger partial charge in [-0.05, 0) is 55.7 Å². The fourth-order valence-corrected chi connectivity index (χ4v) is 7.24. The molecule has 0 bridgehead atoms. The highest BCUT2D eigenvalue weighted by atomic mass is 32.2. The average Bonchev–Trinajstić information content (AvgIpc) is 3.10. The van der Waals surface area contributed by atoms with Gasteiger partial charge in [0.2, 0.25) is 17.6 Å². The van der Waals surface area contributed by atoms with Crippen LogP contribution < -0.4 is 31.1 Å². The lowest BCUT2D eigenvalue weighted by molar-refractivity contribution is -0.144. The first-order chi connectivity index (χ1) is 25.7. The fraction of sp³-hybridized carbons (Fsp3) is 0.576. The molecule has 5 N–H and O–H groups in total. The van der Waals surface area contributed by atoms with Gasteiger partial charge in [0, 0.05) is 51.9 Å². The summed E-state index contributed by atoms with van der Waals surface area (Å²) in [5.41, 5.74) is 1.55. The van der Waals surface area contributed by atoms with E-state index in [1.165, 1.54) is 11.8 Å². The normalized spacial score (nSPS) is 16.2. The summed E-state index contributed by atoms with van der Waals surface area (Å²) in [6.07, 6.45) is -1.37. The Labute approximate surface area is 315 Å². The fourth-order valence-electron chi connectivity index (χ4n) is 5.69. The number of halogens is 3. The van der Waals surface area contributed by atoms with Crippen molar-refractivity contribution in [3.05, 3.63) is 47.3 Å². The molecule has 0 aliphatic carbocycles. The van der Waals surface area contributed by atoms with E-state index in [1.807, 2.05) is 17.0 Å². The third kappa shape index (κ3) is 14.4. The summed E-state index contributed by atoms with van der Waals surface area (Å²) in [6.45, 7) is 2.75. The number of rotatable bonds is 19. The number of benzene rings is 1. The van der Waals surface area contributed by atoms with E-state index >= 15 is 0 Å². The Hall–Kier alpha value is -4.39. The first kappa shape index (κ1) is 42.4. The van der Waals surface area contributed by atoms with Crippen molar-refractivity contribution >= 4 is 51.4 Å². The molecule has 2 fully saturated rings. The first-order valence-corrected chi connectivity index (χ1v) is 20.0. The van der Waals surface area contributed by atoms with E-state index in [0.717, 1.165) is 5.56 Å². The maximum absolute atomic E-state index is 13.9. The number of anilines is 2. The van der Waals surface area contributed by atoms with Crippen molar-refractivity contribution < 1.29 is 45.3 Å². The number of aromatic nitrogens is 2. The number of nitrogens with zero attached hydrogens (tertiary/aromatic N) is 5. The number of amides is 4. The number of nitrogens with one attached hydrogen (secondary N) is 4. The minimum Gasteiger partial charge on any atom is -0.378 e. The molecule has 1 unspecified atom stereocenters. The molecular formula is C33H44F3N9O7S2. The molecule has 2 aliphatic heterocycles. The van der Waals surface area contributed by atoms with Crippen molar-refractivity contribution in [1.82, 2.24) is 31.2 Å². The zero-order valence-corrected chi connectivity index (χ0v) is 31.1. The van der Waals surface area contributed by atoms with Gasteiger partial charge < -0.3 is 35.8 Å². The Morgan fingerprint density at radius 2 is 1.57 bits per heavy atom. The van der Waals surface area contributed by atoms with Crippen LogP contribution in [0.25, 0.3) is 0 Å². The highest BCUT2D eigenvalue weighted by Crippen LogP contribution is 2.37. The Morgan fingerprint density at radius 3 is 2.20 bits per heavy atom. The summed E-state index contributed by atoms with van der Waals surface area (Å²) in [7, 11) is -4.40. The van der Waals surface area contributed by atoms with Crippen LogP contribution in [0.15, 0.2) is 30.3 Å². The van der Waals surface area contributed by atoms with Crippen LogP contribution in [0.1, 0.15) is 42.6 Å². The van der Waals surface area contributed by atoms with Gasteiger partial charge in [-0.15, -0.1) is 11.8 Å². The van der Waals surface area contributed by atoms with Crippen LogP contribution in [0.3, 0.4) is 0 Å². The molecule has 2 aliphatic rings. The van der Waals surface area contributed by atoms with Crippen molar-refractivity contribution in [1.29, 1.82) is 5.26 Å². The second-order valence-corrected chi connectivity index (χ2v) is 15.3. The highest BCUT2D eigenvalue weighted by molar-refractivity contribution is 8.00. The quantitative estimate of drug-likeness (QED) is 0.102. The van der Waals surface area contributed by atoms with Crippen LogP contribution in [0.5, 0.6) is 0 Å². The zero-order valence-electron chi connectivity index (χ0n) is 29.4. The molecule has 296 valence electrons. The number of nitriles is 1. The first-order valence-electron chi connectivity index (χ1n) is 17.4. The minimum absolute atomic E-state index is 0.0334. The molecule has 0 saturated carbocycles. The van der Waals surface area contributed by atoms with Crippen molar-refractivity contribution in [2.45, 2.75) is 43.7 Å². The Morgan fingerprint density at radius 1 is 0.926 bits per heavy atom. The monoisotopic (exact) mass is 799 g/mol. The zero-order chi connectivity index (χ0) is 39.1. The van der Waals surface area contributed by atoms with Crippen molar-refractivity contribution in [2.24, 2.45) is 5.92 Å². The van der Waals surface area contributed by atoms with E-state index in [1.54, 1.807) is 23.1 Å². The van der Waals surface area contributed by atoms with Gasteiger partial charge >= 0.3 is 12.2 Å². The summed E-state index contributed by atoms with van der Waals surface area (Å²) >= 11 is 1.35. The lowest BCUT2D eigenvalue weighted by Crippen LogP contribution is -2.47. The number of alkyl halides is 3. The molecular weight excluding hydrogens is 756 g/mol. The molecule has 2 aromatic rings. The van der Waals surface area contributed by atoms with Gasteiger partial charge in [0.05, 0.1) is 36.0 Å². The van der Waals surface area contributed by atoms with E-state index in [9.17, 15) is 36.0 Å². The van der Waals surface area contributed by atoms with Crippen LogP contribution >= 0.6 is 11.8 Å². The average molecular weight is 800 g/mol. The molecule has 54 heavy (non-hydrogen) atoms. The maximum Gasteiger partial charge on any atom is 0.451 e. The minimum atomic E-state index is -4.74. The van der Waals surface area contributed by atoms with Gasteiger partial charge in [-0.3, -0.25) is 14.1 Å². The topological polar surface area (TPSA) is 219 Å². The Kier molecular flexibility index (Phi) is 15.9. The summed E-state index contributed by atoms with van der Waals surface area (Å²) in [4.78, 5) is 47.2. The van der Waals surface area contributed by atoms with Crippen LogP contribution in [0, 0.1) is 17.2 Å². The standard InChI is InChI=1S/C33H44F3N9O7S2/c34-33(35,36)31-42-26(19-27(43-31)45-16-9-30(45)53-21-28(46)38-10-5-23-1-3-25(20-37)4-2-23)44-14-7-24(8-15-44)6-11-40-32(48)41-13-18-52-17-12-39-29(47)22-54(49,50)51/h1-4,19,24,30H,5-18,21-22H2,(H,38,46)(H,39,47)(H2,40,41,48)(H,49,50,51). The lowest BCUT2D eigenvalue weighted by Gasteiger charge is -2.42. The molecule has 0 spiro atoms. The largest absolute Gasteiger partial charge is 0.451 e. The second-order valence-electron chi connectivity index (χ2n) is 12.7. The molecule has 1 aromatic carbocycles. The van der Waals surface area contributed by atoms with Crippen LogP contribution in [-0.2, 0) is 37.0 Å². The summed E-state index contributed by atoms with van der Waals surface area (Å²) in [6, 6.07) is 10.4. The Balaban J connectivity index is 1.15. The highest BCUT2D eigenvalue weighted by Gasteiger charge is 2.38. The molecule has 0 radical (unpaired) electrons. The molecule has 1 atom stereocenters. The van der Waals surface area contributed by atoms with Crippen LogP contribution in [-0.4, -0.2) is 117 Å². The van der Waals surface area contributed by atoms with Gasteiger partial charge in [-0.25, -0.2) is 14.8 Å². The van der Waals surface area contributed by atoms with E-state index in [0.29, 0.717) is 70.4 Å². The SMILES string of the molecule is N#Cc1ccc(CCNC(=O)CSC2CCN2c2cc(N3CCC(CCNC(=O)NCCOCCNC(=O)CS(=O)(=O)O)CC3)nc(C(F)(F)F)n2)cc1.